The van der Waals surface area contributed by atoms with Crippen LogP contribution < -0.4 is 15.2 Å². The van der Waals surface area contributed by atoms with Crippen LogP contribution in [0.4, 0.5) is 5.69 Å². The maximum absolute atomic E-state index is 12.0. The number of carbonyl (C=O) groups is 1. The molecule has 19 heavy (non-hydrogen) atoms. The number of fused-ring (bicyclic) bond motifs is 1. The predicted octanol–water partition coefficient (Wildman–Crippen LogP) is 2.42. The van der Waals surface area contributed by atoms with Gasteiger partial charge in [-0.15, -0.1) is 11.3 Å². The molecule has 0 unspecified atom stereocenters. The standard InChI is InChI=1S/C13H11NO4S/c14-10-5-12-11(17-7-18-12)4-9(10)13(15)16-6-8-2-1-3-19-8/h1-5H,6-7,14H2. The summed E-state index contributed by atoms with van der Waals surface area (Å²) in [6.07, 6.45) is 0. The SMILES string of the molecule is Nc1cc2c(cc1C(=O)OCc1cccs1)OCO2. The molecule has 98 valence electrons. The van der Waals surface area contributed by atoms with E-state index in [9.17, 15) is 4.79 Å². The number of nitrogen functional groups attached to an aromatic ring is 1. The summed E-state index contributed by atoms with van der Waals surface area (Å²) in [7, 11) is 0. The van der Waals surface area contributed by atoms with E-state index in [1.54, 1.807) is 12.1 Å². The number of nitrogens with two attached hydrogens (primary N) is 1. The van der Waals surface area contributed by atoms with Gasteiger partial charge in [-0.2, -0.15) is 0 Å². The summed E-state index contributed by atoms with van der Waals surface area (Å²) in [5.74, 6) is 0.591. The van der Waals surface area contributed by atoms with Crippen LogP contribution >= 0.6 is 11.3 Å². The highest BCUT2D eigenvalue weighted by Gasteiger charge is 2.20. The number of rotatable bonds is 3. The average molecular weight is 277 g/mol. The number of hydrogen-bond acceptors (Lipinski definition) is 6. The molecule has 0 saturated carbocycles. The molecule has 0 fully saturated rings. The fraction of sp³-hybridized carbons (Fsp3) is 0.154. The van der Waals surface area contributed by atoms with Gasteiger partial charge in [0, 0.05) is 17.0 Å². The topological polar surface area (TPSA) is 70.8 Å². The molecule has 2 heterocycles. The number of thiophene rings is 1. The summed E-state index contributed by atoms with van der Waals surface area (Å²) in [6, 6.07) is 6.93. The second kappa shape index (κ2) is 4.81. The lowest BCUT2D eigenvalue weighted by Crippen LogP contribution is -2.07. The van der Waals surface area contributed by atoms with E-state index in [0.717, 1.165) is 4.88 Å². The summed E-state index contributed by atoms with van der Waals surface area (Å²) < 4.78 is 15.6. The molecule has 3 rings (SSSR count). The molecular weight excluding hydrogens is 266 g/mol. The van der Waals surface area contributed by atoms with Crippen molar-refractivity contribution in [2.45, 2.75) is 6.61 Å². The molecule has 1 aliphatic rings. The summed E-state index contributed by atoms with van der Waals surface area (Å²) in [5, 5.41) is 1.93. The average Bonchev–Trinajstić information content (AvgIpc) is 3.05. The minimum absolute atomic E-state index is 0.141. The van der Waals surface area contributed by atoms with Gasteiger partial charge in [0.1, 0.15) is 6.61 Å². The predicted molar refractivity (Wildman–Crippen MR) is 70.4 cm³/mol. The number of carbonyl (C=O) groups excluding carboxylic acids is 1. The molecule has 1 aliphatic heterocycles. The van der Waals surface area contributed by atoms with Gasteiger partial charge in [-0.1, -0.05) is 6.07 Å². The zero-order valence-electron chi connectivity index (χ0n) is 9.92. The Morgan fingerprint density at radius 1 is 1.37 bits per heavy atom. The molecule has 0 spiro atoms. The smallest absolute Gasteiger partial charge is 0.340 e. The zero-order valence-corrected chi connectivity index (χ0v) is 10.7. The normalized spacial score (nSPS) is 12.4. The van der Waals surface area contributed by atoms with E-state index in [-0.39, 0.29) is 13.4 Å². The molecule has 0 bridgehead atoms. The summed E-state index contributed by atoms with van der Waals surface area (Å²) in [6.45, 7) is 0.382. The van der Waals surface area contributed by atoms with Gasteiger partial charge in [-0.3, -0.25) is 0 Å². The van der Waals surface area contributed by atoms with Crippen molar-refractivity contribution in [2.75, 3.05) is 12.5 Å². The van der Waals surface area contributed by atoms with Crippen LogP contribution in [-0.2, 0) is 11.3 Å². The largest absolute Gasteiger partial charge is 0.456 e. The first kappa shape index (κ1) is 11.9. The molecule has 0 aliphatic carbocycles. The van der Waals surface area contributed by atoms with E-state index in [1.165, 1.54) is 11.3 Å². The monoisotopic (exact) mass is 277 g/mol. The van der Waals surface area contributed by atoms with Gasteiger partial charge < -0.3 is 19.9 Å². The fourth-order valence-corrected chi connectivity index (χ4v) is 2.36. The van der Waals surface area contributed by atoms with Crippen molar-refractivity contribution in [2.24, 2.45) is 0 Å². The number of hydrogen-bond donors (Lipinski definition) is 1. The van der Waals surface area contributed by atoms with Gasteiger partial charge in [0.15, 0.2) is 11.5 Å². The molecule has 6 heteroatoms. The molecule has 0 radical (unpaired) electrons. The summed E-state index contributed by atoms with van der Waals surface area (Å²) in [5.41, 5.74) is 6.42. The molecule has 2 aromatic rings. The Morgan fingerprint density at radius 3 is 2.89 bits per heavy atom. The van der Waals surface area contributed by atoms with Crippen LogP contribution in [0.1, 0.15) is 15.2 Å². The lowest BCUT2D eigenvalue weighted by atomic mass is 10.1. The van der Waals surface area contributed by atoms with Gasteiger partial charge in [-0.25, -0.2) is 4.79 Å². The third-order valence-corrected chi connectivity index (χ3v) is 3.54. The first-order valence-corrected chi connectivity index (χ1v) is 6.50. The van der Waals surface area contributed by atoms with E-state index in [4.69, 9.17) is 19.9 Å². The van der Waals surface area contributed by atoms with Crippen LogP contribution in [0.3, 0.4) is 0 Å². The quantitative estimate of drug-likeness (QED) is 0.689. The highest BCUT2D eigenvalue weighted by atomic mass is 32.1. The maximum atomic E-state index is 12.0. The van der Waals surface area contributed by atoms with Crippen molar-refractivity contribution in [1.82, 2.24) is 0 Å². The highest BCUT2D eigenvalue weighted by Crippen LogP contribution is 2.36. The molecule has 2 N–H and O–H groups in total. The van der Waals surface area contributed by atoms with Crippen LogP contribution in [0.5, 0.6) is 11.5 Å². The van der Waals surface area contributed by atoms with Crippen molar-refractivity contribution < 1.29 is 19.0 Å². The van der Waals surface area contributed by atoms with Crippen LogP contribution in [0.15, 0.2) is 29.6 Å². The van der Waals surface area contributed by atoms with Crippen LogP contribution in [0.2, 0.25) is 0 Å². The van der Waals surface area contributed by atoms with Gasteiger partial charge in [0.2, 0.25) is 6.79 Å². The second-order valence-electron chi connectivity index (χ2n) is 3.95. The zero-order chi connectivity index (χ0) is 13.2. The Bertz CT molecular complexity index is 609. The Balaban J connectivity index is 1.76. The fourth-order valence-electron chi connectivity index (χ4n) is 1.74. The third kappa shape index (κ3) is 2.34. The van der Waals surface area contributed by atoms with Crippen molar-refractivity contribution in [3.8, 4) is 11.5 Å². The third-order valence-electron chi connectivity index (χ3n) is 2.69. The van der Waals surface area contributed by atoms with Crippen LogP contribution in [0, 0.1) is 0 Å². The van der Waals surface area contributed by atoms with Crippen LogP contribution in [-0.4, -0.2) is 12.8 Å². The number of benzene rings is 1. The first-order valence-electron chi connectivity index (χ1n) is 5.62. The minimum Gasteiger partial charge on any atom is -0.456 e. The lowest BCUT2D eigenvalue weighted by Gasteiger charge is -2.07. The molecule has 1 aromatic carbocycles. The molecule has 0 saturated heterocycles. The number of esters is 1. The molecule has 0 atom stereocenters. The van der Waals surface area contributed by atoms with E-state index in [0.29, 0.717) is 22.7 Å². The lowest BCUT2D eigenvalue weighted by molar-refractivity contribution is 0.0477. The van der Waals surface area contributed by atoms with Crippen molar-refractivity contribution >= 4 is 23.0 Å². The molecular formula is C13H11NO4S. The van der Waals surface area contributed by atoms with E-state index in [1.807, 2.05) is 17.5 Å². The van der Waals surface area contributed by atoms with Crippen molar-refractivity contribution in [3.63, 3.8) is 0 Å². The number of ether oxygens (including phenoxy) is 3. The number of anilines is 1. The molecule has 1 aromatic heterocycles. The Labute approximate surface area is 113 Å². The molecule has 0 amide bonds. The first-order chi connectivity index (χ1) is 9.24. The van der Waals surface area contributed by atoms with Gasteiger partial charge >= 0.3 is 5.97 Å². The second-order valence-corrected chi connectivity index (χ2v) is 4.98. The summed E-state index contributed by atoms with van der Waals surface area (Å²) in [4.78, 5) is 12.9. The maximum Gasteiger partial charge on any atom is 0.340 e. The van der Waals surface area contributed by atoms with Crippen molar-refractivity contribution in [3.05, 3.63) is 40.1 Å². The van der Waals surface area contributed by atoms with Crippen molar-refractivity contribution in [1.29, 1.82) is 0 Å². The molecule has 5 nitrogen and oxygen atoms in total. The Morgan fingerprint density at radius 2 is 2.16 bits per heavy atom. The van der Waals surface area contributed by atoms with E-state index in [2.05, 4.69) is 0 Å². The Kier molecular flexibility index (Phi) is 3.00. The highest BCUT2D eigenvalue weighted by molar-refractivity contribution is 7.09. The summed E-state index contributed by atoms with van der Waals surface area (Å²) >= 11 is 1.53. The Hall–Kier alpha value is -2.21. The van der Waals surface area contributed by atoms with E-state index < -0.39 is 5.97 Å². The minimum atomic E-state index is -0.468. The van der Waals surface area contributed by atoms with E-state index >= 15 is 0 Å². The van der Waals surface area contributed by atoms with Gasteiger partial charge in [-0.05, 0) is 11.4 Å². The van der Waals surface area contributed by atoms with Gasteiger partial charge in [0.05, 0.1) is 11.3 Å². The van der Waals surface area contributed by atoms with Gasteiger partial charge in [0.25, 0.3) is 0 Å². The van der Waals surface area contributed by atoms with Crippen LogP contribution in [0.25, 0.3) is 0 Å².